The van der Waals surface area contributed by atoms with Crippen molar-refractivity contribution in [2.45, 2.75) is 0 Å². The molecule has 0 saturated heterocycles. The van der Waals surface area contributed by atoms with Gasteiger partial charge in [0.25, 0.3) is 0 Å². The van der Waals surface area contributed by atoms with Gasteiger partial charge in [-0.3, -0.25) is 0 Å². The molecule has 4 aromatic rings. The first kappa shape index (κ1) is 22.1. The van der Waals surface area contributed by atoms with Gasteiger partial charge in [-0.2, -0.15) is 0 Å². The normalized spacial score (nSPS) is 13.4. The maximum absolute atomic E-state index is 3.58. The Morgan fingerprint density at radius 1 is 0.250 bits per heavy atom. The Hall–Kier alpha value is -1.72. The van der Waals surface area contributed by atoms with E-state index < -0.39 is 0 Å². The third-order valence-corrected chi connectivity index (χ3v) is 7.65. The van der Waals surface area contributed by atoms with Crippen LogP contribution in [0.15, 0.2) is 115 Å². The molecule has 4 heteroatoms. The van der Waals surface area contributed by atoms with Gasteiger partial charge in [-0.1, -0.05) is 112 Å². The Labute approximate surface area is 221 Å². The largest absolute Gasteiger partial charge is 0.0532 e. The van der Waals surface area contributed by atoms with E-state index in [9.17, 15) is 0 Å². The summed E-state index contributed by atoms with van der Waals surface area (Å²) in [5.41, 5.74) is 9.96. The van der Waals surface area contributed by atoms with Gasteiger partial charge in [-0.15, -0.1) is 0 Å². The van der Waals surface area contributed by atoms with Crippen LogP contribution >= 0.6 is 63.7 Å². The number of allylic oxidation sites excluding steroid dienone is 4. The van der Waals surface area contributed by atoms with E-state index in [2.05, 4.69) is 161 Å². The van der Waals surface area contributed by atoms with Gasteiger partial charge in [-0.25, -0.2) is 0 Å². The molecule has 1 aliphatic rings. The summed E-state index contributed by atoms with van der Waals surface area (Å²) in [5.74, 6) is 0. The molecule has 0 atom stereocenters. The van der Waals surface area contributed by atoms with E-state index in [1.54, 1.807) is 0 Å². The van der Waals surface area contributed by atoms with E-state index in [1.165, 1.54) is 44.5 Å². The average Bonchev–Trinajstić information content (AvgIpc) is 2.78. The summed E-state index contributed by atoms with van der Waals surface area (Å²) in [6.45, 7) is 0. The average molecular weight is 672 g/mol. The molecular weight excluding hydrogens is 656 g/mol. The molecule has 156 valence electrons. The van der Waals surface area contributed by atoms with Crippen LogP contribution < -0.4 is 0 Å². The fourth-order valence-electron chi connectivity index (χ4n) is 4.06. The molecule has 0 aromatic heterocycles. The minimum absolute atomic E-state index is 1.08. The number of hydrogen-bond acceptors (Lipinski definition) is 0. The molecule has 0 amide bonds. The van der Waals surface area contributed by atoms with Crippen molar-refractivity contribution in [3.8, 4) is 0 Å². The van der Waals surface area contributed by atoms with Crippen LogP contribution in [0.5, 0.6) is 0 Å². The molecule has 0 nitrogen and oxygen atoms in total. The third kappa shape index (κ3) is 4.26. The van der Waals surface area contributed by atoms with Crippen molar-refractivity contribution in [2.24, 2.45) is 0 Å². The highest BCUT2D eigenvalue weighted by atomic mass is 79.9. The van der Waals surface area contributed by atoms with Crippen molar-refractivity contribution in [3.05, 3.63) is 137 Å². The van der Waals surface area contributed by atoms with Gasteiger partial charge in [0.15, 0.2) is 0 Å². The van der Waals surface area contributed by atoms with E-state index in [1.807, 2.05) is 0 Å². The molecule has 32 heavy (non-hydrogen) atoms. The summed E-state index contributed by atoms with van der Waals surface area (Å²) in [6.07, 6.45) is 0. The number of hydrogen-bond donors (Lipinski definition) is 0. The third-order valence-electron chi connectivity index (χ3n) is 5.53. The quantitative estimate of drug-likeness (QED) is 0.203. The monoisotopic (exact) mass is 668 g/mol. The molecule has 0 saturated carbocycles. The molecular formula is C28H16Br4. The molecule has 0 aliphatic heterocycles. The molecule has 4 aromatic carbocycles. The Morgan fingerprint density at radius 3 is 0.562 bits per heavy atom. The van der Waals surface area contributed by atoms with E-state index >= 15 is 0 Å². The van der Waals surface area contributed by atoms with Crippen molar-refractivity contribution in [3.63, 3.8) is 0 Å². The molecule has 5 rings (SSSR count). The van der Waals surface area contributed by atoms with E-state index in [0.29, 0.717) is 0 Å². The van der Waals surface area contributed by atoms with Crippen LogP contribution in [0.1, 0.15) is 22.3 Å². The van der Waals surface area contributed by atoms with Crippen LogP contribution in [0.25, 0.3) is 22.3 Å². The van der Waals surface area contributed by atoms with Gasteiger partial charge < -0.3 is 0 Å². The molecule has 1 aliphatic carbocycles. The topological polar surface area (TPSA) is 0 Å². The summed E-state index contributed by atoms with van der Waals surface area (Å²) >= 11 is 14.3. The Bertz CT molecular complexity index is 1120. The van der Waals surface area contributed by atoms with Gasteiger partial charge in [0.1, 0.15) is 0 Å². The molecule has 0 unspecified atom stereocenters. The highest BCUT2D eigenvalue weighted by Crippen LogP contribution is 2.56. The Kier molecular flexibility index (Phi) is 6.39. The molecule has 0 N–H and O–H groups in total. The SMILES string of the molecule is Brc1ccc(C2=C(c3ccc(Br)cc3)C(c3ccc(Br)cc3)=C2c2ccc(Br)cc2)cc1. The lowest BCUT2D eigenvalue weighted by Crippen LogP contribution is -2.10. The molecule has 0 fully saturated rings. The first-order valence-electron chi connectivity index (χ1n) is 10.0. The van der Waals surface area contributed by atoms with Crippen molar-refractivity contribution in [2.75, 3.05) is 0 Å². The molecule has 0 radical (unpaired) electrons. The van der Waals surface area contributed by atoms with Crippen molar-refractivity contribution in [1.82, 2.24) is 0 Å². The van der Waals surface area contributed by atoms with Crippen molar-refractivity contribution in [1.29, 1.82) is 0 Å². The van der Waals surface area contributed by atoms with Gasteiger partial charge >= 0.3 is 0 Å². The summed E-state index contributed by atoms with van der Waals surface area (Å²) in [5, 5.41) is 0. The summed E-state index contributed by atoms with van der Waals surface area (Å²) in [7, 11) is 0. The molecule has 0 spiro atoms. The van der Waals surface area contributed by atoms with Crippen molar-refractivity contribution < 1.29 is 0 Å². The minimum atomic E-state index is 1.08. The first-order valence-corrected chi connectivity index (χ1v) is 13.2. The first-order chi connectivity index (χ1) is 15.5. The number of benzene rings is 4. The summed E-state index contributed by atoms with van der Waals surface area (Å²) in [6, 6.07) is 34.4. The van der Waals surface area contributed by atoms with Crippen molar-refractivity contribution >= 4 is 86.0 Å². The molecule has 0 heterocycles. The zero-order valence-corrected chi connectivity index (χ0v) is 23.1. The number of halogens is 4. The fourth-order valence-corrected chi connectivity index (χ4v) is 5.12. The maximum Gasteiger partial charge on any atom is 0.0175 e. The second kappa shape index (κ2) is 9.26. The van der Waals surface area contributed by atoms with Gasteiger partial charge in [0.2, 0.25) is 0 Å². The highest BCUT2D eigenvalue weighted by molar-refractivity contribution is 9.11. The van der Waals surface area contributed by atoms with Crippen LogP contribution in [-0.2, 0) is 0 Å². The zero-order valence-electron chi connectivity index (χ0n) is 16.7. The Balaban J connectivity index is 1.79. The number of rotatable bonds is 4. The van der Waals surface area contributed by atoms with Gasteiger partial charge in [-0.05, 0) is 93.1 Å². The zero-order chi connectivity index (χ0) is 22.2. The predicted octanol–water partition coefficient (Wildman–Crippen LogP) is 10.3. The second-order valence-corrected chi connectivity index (χ2v) is 11.2. The summed E-state index contributed by atoms with van der Waals surface area (Å²) in [4.78, 5) is 0. The highest BCUT2D eigenvalue weighted by Gasteiger charge is 2.33. The minimum Gasteiger partial charge on any atom is -0.0532 e. The lowest BCUT2D eigenvalue weighted by molar-refractivity contribution is 1.49. The second-order valence-electron chi connectivity index (χ2n) is 7.53. The fraction of sp³-hybridized carbons (Fsp3) is 0. The van der Waals surface area contributed by atoms with Crippen LogP contribution in [0.4, 0.5) is 0 Å². The van der Waals surface area contributed by atoms with Crippen LogP contribution in [-0.4, -0.2) is 0 Å². The smallest absolute Gasteiger partial charge is 0.0175 e. The molecule has 0 bridgehead atoms. The van der Waals surface area contributed by atoms with E-state index in [0.717, 1.165) is 17.9 Å². The predicted molar refractivity (Wildman–Crippen MR) is 150 cm³/mol. The summed E-state index contributed by atoms with van der Waals surface area (Å²) < 4.78 is 4.31. The van der Waals surface area contributed by atoms with E-state index in [4.69, 9.17) is 0 Å². The van der Waals surface area contributed by atoms with Crippen LogP contribution in [0.3, 0.4) is 0 Å². The maximum atomic E-state index is 3.58. The van der Waals surface area contributed by atoms with Gasteiger partial charge in [0, 0.05) is 17.9 Å². The van der Waals surface area contributed by atoms with Gasteiger partial charge in [0.05, 0.1) is 0 Å². The van der Waals surface area contributed by atoms with Crippen LogP contribution in [0.2, 0.25) is 0 Å². The Morgan fingerprint density at radius 2 is 0.406 bits per heavy atom. The lowest BCUT2D eigenvalue weighted by Gasteiger charge is -2.33. The van der Waals surface area contributed by atoms with Crippen LogP contribution in [0, 0.1) is 0 Å². The lowest BCUT2D eigenvalue weighted by atomic mass is 9.69. The van der Waals surface area contributed by atoms with E-state index in [-0.39, 0.29) is 0 Å². The standard InChI is InChI=1S/C28H16Br4/c29-21-9-1-17(2-10-21)25-26(18-3-11-22(30)12-4-18)28(20-7-15-24(32)16-8-20)27(25)19-5-13-23(31)14-6-19/h1-16H.